The molecule has 1 heterocycles. The lowest BCUT2D eigenvalue weighted by Crippen LogP contribution is -2.49. The number of carbonyl (C=O) groups is 2. The number of carbonyl (C=O) groups excluding carboxylic acids is 2. The van der Waals surface area contributed by atoms with E-state index in [-0.39, 0.29) is 24.3 Å². The zero-order chi connectivity index (χ0) is 24.9. The van der Waals surface area contributed by atoms with E-state index in [1.165, 1.54) is 0 Å². The lowest BCUT2D eigenvalue weighted by Gasteiger charge is -2.18. The summed E-state index contributed by atoms with van der Waals surface area (Å²) in [5.41, 5.74) is 4.22. The van der Waals surface area contributed by atoms with E-state index in [9.17, 15) is 9.59 Å². The lowest BCUT2D eigenvalue weighted by molar-refractivity contribution is -0.128. The molecule has 0 saturated heterocycles. The Labute approximate surface area is 215 Å². The summed E-state index contributed by atoms with van der Waals surface area (Å²) < 4.78 is 1.77. The maximum absolute atomic E-state index is 13.3. The van der Waals surface area contributed by atoms with Gasteiger partial charge in [-0.15, -0.1) is 0 Å². The van der Waals surface area contributed by atoms with Crippen molar-refractivity contribution >= 4 is 23.4 Å². The molecule has 5 rings (SSSR count). The quantitative estimate of drug-likeness (QED) is 0.350. The Morgan fingerprint density at radius 3 is 2.28 bits per heavy atom. The van der Waals surface area contributed by atoms with Crippen LogP contribution >= 0.6 is 11.6 Å². The molecule has 6 nitrogen and oxygen atoms in total. The molecule has 1 aliphatic carbocycles. The molecule has 182 valence electrons. The van der Waals surface area contributed by atoms with Gasteiger partial charge in [-0.1, -0.05) is 72.3 Å². The van der Waals surface area contributed by atoms with Crippen LogP contribution in [0.15, 0.2) is 91.1 Å². The summed E-state index contributed by atoms with van der Waals surface area (Å²) >= 11 is 6.09. The number of halogens is 1. The first-order valence-electron chi connectivity index (χ1n) is 12.1. The van der Waals surface area contributed by atoms with Crippen molar-refractivity contribution < 1.29 is 9.59 Å². The third-order valence-electron chi connectivity index (χ3n) is 6.14. The van der Waals surface area contributed by atoms with Crippen molar-refractivity contribution in [3.05, 3.63) is 107 Å². The average Bonchev–Trinajstić information content (AvgIpc) is 3.62. The van der Waals surface area contributed by atoms with E-state index in [2.05, 4.69) is 10.6 Å². The van der Waals surface area contributed by atoms with Crippen LogP contribution in [0.3, 0.4) is 0 Å². The molecule has 1 atom stereocenters. The first-order chi connectivity index (χ1) is 17.5. The van der Waals surface area contributed by atoms with Crippen LogP contribution in [0.5, 0.6) is 0 Å². The Balaban J connectivity index is 1.39. The molecule has 36 heavy (non-hydrogen) atoms. The summed E-state index contributed by atoms with van der Waals surface area (Å²) in [6.45, 7) is 0. The predicted octanol–water partition coefficient (Wildman–Crippen LogP) is 4.74. The van der Waals surface area contributed by atoms with Gasteiger partial charge in [0.1, 0.15) is 6.04 Å². The highest BCUT2D eigenvalue weighted by atomic mass is 35.5. The number of benzene rings is 3. The van der Waals surface area contributed by atoms with Crippen LogP contribution in [-0.2, 0) is 22.4 Å². The predicted molar refractivity (Wildman–Crippen MR) is 141 cm³/mol. The standard InChI is InChI=1S/C29H27ClN4O2/c30-23-13-11-21(12-14-23)28-22(19-34(33-28)25-9-5-2-6-10-25)18-27(35)32-26(29(36)31-24-15-16-24)17-20-7-3-1-4-8-20/h1-14,19,24,26H,15-18H2,(H,31,36)(H,32,35). The Kier molecular flexibility index (Phi) is 7.14. The van der Waals surface area contributed by atoms with Gasteiger partial charge >= 0.3 is 0 Å². The number of hydrogen-bond donors (Lipinski definition) is 2. The van der Waals surface area contributed by atoms with Crippen LogP contribution in [0, 0.1) is 0 Å². The molecule has 0 aliphatic heterocycles. The fraction of sp³-hybridized carbons (Fsp3) is 0.207. The van der Waals surface area contributed by atoms with Gasteiger partial charge in [-0.2, -0.15) is 5.10 Å². The number of rotatable bonds is 9. The van der Waals surface area contributed by atoms with Gasteiger partial charge in [-0.05, 0) is 42.7 Å². The van der Waals surface area contributed by atoms with E-state index in [1.807, 2.05) is 79.0 Å². The van der Waals surface area contributed by atoms with E-state index in [1.54, 1.807) is 16.8 Å². The molecule has 1 unspecified atom stereocenters. The van der Waals surface area contributed by atoms with Gasteiger partial charge in [-0.25, -0.2) is 4.68 Å². The minimum Gasteiger partial charge on any atom is -0.352 e. The van der Waals surface area contributed by atoms with Gasteiger partial charge in [-0.3, -0.25) is 9.59 Å². The fourth-order valence-electron chi connectivity index (χ4n) is 4.11. The minimum absolute atomic E-state index is 0.0901. The van der Waals surface area contributed by atoms with Crippen LogP contribution in [0.1, 0.15) is 24.0 Å². The SMILES string of the molecule is O=C(Cc1cn(-c2ccccc2)nc1-c1ccc(Cl)cc1)NC(Cc1ccccc1)C(=O)NC1CC1. The van der Waals surface area contributed by atoms with Crippen LogP contribution in [0.4, 0.5) is 0 Å². The van der Waals surface area contributed by atoms with Crippen LogP contribution in [0.2, 0.25) is 5.02 Å². The molecule has 2 N–H and O–H groups in total. The van der Waals surface area contributed by atoms with Gasteiger partial charge < -0.3 is 10.6 Å². The second-order valence-corrected chi connectivity index (χ2v) is 9.50. The van der Waals surface area contributed by atoms with Crippen LogP contribution < -0.4 is 10.6 Å². The summed E-state index contributed by atoms with van der Waals surface area (Å²) in [4.78, 5) is 26.2. The zero-order valence-electron chi connectivity index (χ0n) is 19.7. The molecule has 0 spiro atoms. The highest BCUT2D eigenvalue weighted by Crippen LogP contribution is 2.26. The van der Waals surface area contributed by atoms with Gasteiger partial charge in [0.25, 0.3) is 0 Å². The number of hydrogen-bond acceptors (Lipinski definition) is 3. The molecule has 1 aliphatic rings. The Hall–Kier alpha value is -3.90. The van der Waals surface area contributed by atoms with Gasteiger partial charge in [0.15, 0.2) is 0 Å². The molecule has 1 saturated carbocycles. The number of amides is 2. The molecule has 1 aromatic heterocycles. The third kappa shape index (κ3) is 6.01. The molecule has 1 fully saturated rings. The molecular weight excluding hydrogens is 472 g/mol. The van der Waals surface area contributed by atoms with E-state index < -0.39 is 6.04 Å². The van der Waals surface area contributed by atoms with Crippen molar-refractivity contribution in [2.45, 2.75) is 37.8 Å². The van der Waals surface area contributed by atoms with E-state index >= 15 is 0 Å². The topological polar surface area (TPSA) is 76.0 Å². The minimum atomic E-state index is -0.649. The fourth-order valence-corrected chi connectivity index (χ4v) is 4.24. The van der Waals surface area contributed by atoms with Crippen molar-refractivity contribution in [2.24, 2.45) is 0 Å². The van der Waals surface area contributed by atoms with E-state index in [0.717, 1.165) is 35.2 Å². The van der Waals surface area contributed by atoms with Crippen molar-refractivity contribution in [1.82, 2.24) is 20.4 Å². The van der Waals surface area contributed by atoms with Crippen molar-refractivity contribution in [2.75, 3.05) is 0 Å². The number of para-hydroxylation sites is 1. The average molecular weight is 499 g/mol. The maximum atomic E-state index is 13.3. The van der Waals surface area contributed by atoms with Crippen molar-refractivity contribution in [1.29, 1.82) is 0 Å². The maximum Gasteiger partial charge on any atom is 0.243 e. The van der Waals surface area contributed by atoms with Gasteiger partial charge in [0.2, 0.25) is 11.8 Å². The van der Waals surface area contributed by atoms with Crippen molar-refractivity contribution in [3.63, 3.8) is 0 Å². The summed E-state index contributed by atoms with van der Waals surface area (Å²) in [5.74, 6) is -0.377. The van der Waals surface area contributed by atoms with Crippen LogP contribution in [0.25, 0.3) is 16.9 Å². The number of nitrogens with one attached hydrogen (secondary N) is 2. The normalized spacial score (nSPS) is 13.7. The second-order valence-electron chi connectivity index (χ2n) is 9.06. The second kappa shape index (κ2) is 10.8. The molecule has 7 heteroatoms. The molecule has 4 aromatic rings. The Bertz CT molecular complexity index is 1330. The van der Waals surface area contributed by atoms with Crippen LogP contribution in [-0.4, -0.2) is 33.7 Å². The summed E-state index contributed by atoms with van der Waals surface area (Å²) in [5, 5.41) is 11.4. The Morgan fingerprint density at radius 2 is 1.61 bits per heavy atom. The summed E-state index contributed by atoms with van der Waals surface area (Å²) in [7, 11) is 0. The van der Waals surface area contributed by atoms with Gasteiger partial charge in [0.05, 0.1) is 17.8 Å². The summed E-state index contributed by atoms with van der Waals surface area (Å²) in [6.07, 6.45) is 4.36. The third-order valence-corrected chi connectivity index (χ3v) is 6.39. The first kappa shape index (κ1) is 23.8. The Morgan fingerprint density at radius 1 is 0.944 bits per heavy atom. The molecule has 2 amide bonds. The molecule has 0 bridgehead atoms. The largest absolute Gasteiger partial charge is 0.352 e. The molecule has 0 radical (unpaired) electrons. The monoisotopic (exact) mass is 498 g/mol. The van der Waals surface area contributed by atoms with E-state index in [4.69, 9.17) is 16.7 Å². The van der Waals surface area contributed by atoms with Crippen molar-refractivity contribution in [3.8, 4) is 16.9 Å². The number of aromatic nitrogens is 2. The zero-order valence-corrected chi connectivity index (χ0v) is 20.5. The molecular formula is C29H27ClN4O2. The highest BCUT2D eigenvalue weighted by molar-refractivity contribution is 6.30. The molecule has 3 aromatic carbocycles. The number of nitrogens with zero attached hydrogens (tertiary/aromatic N) is 2. The van der Waals surface area contributed by atoms with E-state index in [0.29, 0.717) is 17.1 Å². The highest BCUT2D eigenvalue weighted by Gasteiger charge is 2.29. The lowest BCUT2D eigenvalue weighted by atomic mass is 10.0. The summed E-state index contributed by atoms with van der Waals surface area (Å²) in [6, 6.07) is 26.4. The smallest absolute Gasteiger partial charge is 0.243 e. The van der Waals surface area contributed by atoms with Gasteiger partial charge in [0, 0.05) is 34.8 Å². The first-order valence-corrected chi connectivity index (χ1v) is 12.5.